The van der Waals surface area contributed by atoms with Crippen LogP contribution in [0.4, 0.5) is 25.1 Å². The molecule has 11 heteroatoms. The van der Waals surface area contributed by atoms with E-state index in [1.807, 2.05) is 11.0 Å². The number of nitrogens with zero attached hydrogens (tertiary/aromatic N) is 5. The summed E-state index contributed by atoms with van der Waals surface area (Å²) in [6.45, 7) is 0.822. The van der Waals surface area contributed by atoms with Crippen molar-refractivity contribution >= 4 is 17.8 Å². The average molecular weight is 496 g/mol. The number of amides is 1. The molecule has 186 valence electrons. The van der Waals surface area contributed by atoms with Crippen LogP contribution in [0.2, 0.25) is 0 Å². The summed E-state index contributed by atoms with van der Waals surface area (Å²) in [7, 11) is 1.70. The standard InChI is InChI=1S/C25H24F3N7O/c1-30-23-32-21(18-7-4-5-16(13-18)14-29)33-24(34-23)35-11-9-17(10-12-35)22(36)31-15-19-6-2-3-8-20(19)25(26,27)28/h2-8,13,17H,9-12,15H2,1H3,(H,31,36)(H,30,32,33,34). The molecule has 2 aromatic carbocycles. The van der Waals surface area contributed by atoms with Gasteiger partial charge in [0.15, 0.2) is 5.82 Å². The van der Waals surface area contributed by atoms with Gasteiger partial charge in [-0.1, -0.05) is 30.3 Å². The molecule has 3 aromatic rings. The zero-order valence-corrected chi connectivity index (χ0v) is 19.5. The molecule has 1 fully saturated rings. The van der Waals surface area contributed by atoms with Crippen molar-refractivity contribution in [3.05, 3.63) is 65.2 Å². The van der Waals surface area contributed by atoms with Crippen LogP contribution < -0.4 is 15.5 Å². The maximum Gasteiger partial charge on any atom is 0.416 e. The average Bonchev–Trinajstić information content (AvgIpc) is 2.91. The van der Waals surface area contributed by atoms with Crippen molar-refractivity contribution in [1.82, 2.24) is 20.3 Å². The van der Waals surface area contributed by atoms with Crippen LogP contribution in [0.1, 0.15) is 29.5 Å². The van der Waals surface area contributed by atoms with Crippen LogP contribution in [-0.4, -0.2) is 41.0 Å². The Morgan fingerprint density at radius 1 is 1.11 bits per heavy atom. The summed E-state index contributed by atoms with van der Waals surface area (Å²) in [5, 5.41) is 14.8. The Bertz CT molecular complexity index is 1280. The number of nitriles is 1. The molecule has 0 atom stereocenters. The number of benzene rings is 2. The number of halogens is 3. The first-order valence-electron chi connectivity index (χ1n) is 11.4. The summed E-state index contributed by atoms with van der Waals surface area (Å²) >= 11 is 0. The number of anilines is 2. The third-order valence-corrected chi connectivity index (χ3v) is 6.02. The first kappa shape index (κ1) is 24.9. The Morgan fingerprint density at radius 3 is 2.56 bits per heavy atom. The number of carbonyl (C=O) groups excluding carboxylic acids is 1. The largest absolute Gasteiger partial charge is 0.416 e. The summed E-state index contributed by atoms with van der Waals surface area (Å²) in [5.41, 5.74) is 0.465. The van der Waals surface area contributed by atoms with Gasteiger partial charge in [-0.2, -0.15) is 33.4 Å². The molecule has 1 saturated heterocycles. The van der Waals surface area contributed by atoms with Crippen molar-refractivity contribution in [2.75, 3.05) is 30.4 Å². The Labute approximate surface area is 206 Å². The smallest absolute Gasteiger partial charge is 0.357 e. The fourth-order valence-electron chi connectivity index (χ4n) is 4.09. The van der Waals surface area contributed by atoms with Gasteiger partial charge in [0, 0.05) is 38.2 Å². The fourth-order valence-corrected chi connectivity index (χ4v) is 4.09. The maximum atomic E-state index is 13.2. The molecule has 8 nitrogen and oxygen atoms in total. The number of rotatable bonds is 6. The van der Waals surface area contributed by atoms with Crippen LogP contribution in [-0.2, 0) is 17.5 Å². The Kier molecular flexibility index (Phi) is 7.33. The molecule has 36 heavy (non-hydrogen) atoms. The predicted molar refractivity (Wildman–Crippen MR) is 128 cm³/mol. The summed E-state index contributed by atoms with van der Waals surface area (Å²) in [6.07, 6.45) is -3.46. The van der Waals surface area contributed by atoms with Gasteiger partial charge in [-0.05, 0) is 36.6 Å². The van der Waals surface area contributed by atoms with Crippen LogP contribution >= 0.6 is 0 Å². The van der Waals surface area contributed by atoms with E-state index in [0.717, 1.165) is 6.07 Å². The third kappa shape index (κ3) is 5.71. The lowest BCUT2D eigenvalue weighted by Gasteiger charge is -2.31. The predicted octanol–water partition coefficient (Wildman–Crippen LogP) is 4.00. The highest BCUT2D eigenvalue weighted by atomic mass is 19.4. The molecule has 1 aliphatic heterocycles. The van der Waals surface area contributed by atoms with E-state index >= 15 is 0 Å². The van der Waals surface area contributed by atoms with E-state index < -0.39 is 11.7 Å². The number of alkyl halides is 3. The zero-order valence-electron chi connectivity index (χ0n) is 19.5. The third-order valence-electron chi connectivity index (χ3n) is 6.02. The van der Waals surface area contributed by atoms with Crippen LogP contribution in [0.15, 0.2) is 48.5 Å². The Hall–Kier alpha value is -4.20. The van der Waals surface area contributed by atoms with Crippen molar-refractivity contribution in [1.29, 1.82) is 5.26 Å². The number of nitrogens with one attached hydrogen (secondary N) is 2. The van der Waals surface area contributed by atoms with Crippen LogP contribution in [0, 0.1) is 17.2 Å². The highest BCUT2D eigenvalue weighted by Gasteiger charge is 2.33. The van der Waals surface area contributed by atoms with Crippen molar-refractivity contribution in [2.24, 2.45) is 5.92 Å². The molecule has 0 spiro atoms. The monoisotopic (exact) mass is 495 g/mol. The molecule has 0 radical (unpaired) electrons. The lowest BCUT2D eigenvalue weighted by Crippen LogP contribution is -2.41. The van der Waals surface area contributed by atoms with Crippen LogP contribution in [0.5, 0.6) is 0 Å². The van der Waals surface area contributed by atoms with E-state index in [4.69, 9.17) is 0 Å². The molecule has 0 aliphatic carbocycles. The second-order valence-electron chi connectivity index (χ2n) is 8.36. The number of piperidine rings is 1. The van der Waals surface area contributed by atoms with Gasteiger partial charge >= 0.3 is 6.18 Å². The van der Waals surface area contributed by atoms with Gasteiger partial charge < -0.3 is 15.5 Å². The van der Waals surface area contributed by atoms with Gasteiger partial charge in [0.2, 0.25) is 17.8 Å². The van der Waals surface area contributed by atoms with Gasteiger partial charge in [-0.15, -0.1) is 0 Å². The molecular formula is C25H24F3N7O. The van der Waals surface area contributed by atoms with Crippen LogP contribution in [0.3, 0.4) is 0 Å². The first-order chi connectivity index (χ1) is 17.3. The van der Waals surface area contributed by atoms with E-state index in [0.29, 0.717) is 54.8 Å². The van der Waals surface area contributed by atoms with Crippen molar-refractivity contribution in [3.63, 3.8) is 0 Å². The van der Waals surface area contributed by atoms with E-state index in [2.05, 4.69) is 31.7 Å². The quantitative estimate of drug-likeness (QED) is 0.532. The minimum atomic E-state index is -4.47. The summed E-state index contributed by atoms with van der Waals surface area (Å²) in [4.78, 5) is 28.1. The highest BCUT2D eigenvalue weighted by molar-refractivity contribution is 5.79. The number of hydrogen-bond acceptors (Lipinski definition) is 7. The Balaban J connectivity index is 1.41. The molecule has 1 aliphatic rings. The molecule has 2 heterocycles. The van der Waals surface area contributed by atoms with Gasteiger partial charge in [0.05, 0.1) is 17.2 Å². The van der Waals surface area contributed by atoms with Crippen LogP contribution in [0.25, 0.3) is 11.4 Å². The highest BCUT2D eigenvalue weighted by Crippen LogP contribution is 2.32. The van der Waals surface area contributed by atoms with Crippen molar-refractivity contribution in [3.8, 4) is 17.5 Å². The van der Waals surface area contributed by atoms with Gasteiger partial charge in [0.25, 0.3) is 0 Å². The topological polar surface area (TPSA) is 107 Å². The van der Waals surface area contributed by atoms with Crippen molar-refractivity contribution in [2.45, 2.75) is 25.6 Å². The van der Waals surface area contributed by atoms with E-state index in [9.17, 15) is 23.2 Å². The summed E-state index contributed by atoms with van der Waals surface area (Å²) in [6, 6.07) is 14.3. The molecule has 1 aromatic heterocycles. The number of carbonyl (C=O) groups is 1. The molecule has 0 saturated carbocycles. The van der Waals surface area contributed by atoms with Gasteiger partial charge in [-0.3, -0.25) is 4.79 Å². The lowest BCUT2D eigenvalue weighted by molar-refractivity contribution is -0.138. The summed E-state index contributed by atoms with van der Waals surface area (Å²) in [5.74, 6) is 0.652. The summed E-state index contributed by atoms with van der Waals surface area (Å²) < 4.78 is 39.6. The molecule has 0 unspecified atom stereocenters. The number of aromatic nitrogens is 3. The molecule has 4 rings (SSSR count). The van der Waals surface area contributed by atoms with Gasteiger partial charge in [0.1, 0.15) is 0 Å². The molecule has 0 bridgehead atoms. The maximum absolute atomic E-state index is 13.2. The second kappa shape index (κ2) is 10.6. The van der Waals surface area contributed by atoms with E-state index in [1.165, 1.54) is 18.2 Å². The second-order valence-corrected chi connectivity index (χ2v) is 8.36. The van der Waals surface area contributed by atoms with E-state index in [1.54, 1.807) is 25.2 Å². The van der Waals surface area contributed by atoms with E-state index in [-0.39, 0.29) is 23.9 Å². The molecular weight excluding hydrogens is 471 g/mol. The van der Waals surface area contributed by atoms with Gasteiger partial charge in [-0.25, -0.2) is 0 Å². The Morgan fingerprint density at radius 2 is 1.86 bits per heavy atom. The molecule has 2 N–H and O–H groups in total. The zero-order chi connectivity index (χ0) is 25.7. The first-order valence-corrected chi connectivity index (χ1v) is 11.4. The normalized spacial score (nSPS) is 14.2. The number of hydrogen-bond donors (Lipinski definition) is 2. The minimum Gasteiger partial charge on any atom is -0.357 e. The van der Waals surface area contributed by atoms with Crippen molar-refractivity contribution < 1.29 is 18.0 Å². The fraction of sp³-hybridized carbons (Fsp3) is 0.320. The SMILES string of the molecule is CNc1nc(-c2cccc(C#N)c2)nc(N2CCC(C(=O)NCc3ccccc3C(F)(F)F)CC2)n1. The lowest BCUT2D eigenvalue weighted by atomic mass is 9.96. The molecule has 1 amide bonds. The minimum absolute atomic E-state index is 0.0357.